The highest BCUT2D eigenvalue weighted by atomic mass is 35.5. The summed E-state index contributed by atoms with van der Waals surface area (Å²) in [4.78, 5) is 0.100. The molecule has 0 aromatic heterocycles. The average molecular weight is 303 g/mol. The van der Waals surface area contributed by atoms with E-state index >= 15 is 0 Å². The first-order valence-corrected chi connectivity index (χ1v) is 8.40. The van der Waals surface area contributed by atoms with Crippen LogP contribution in [0.4, 0.5) is 5.69 Å². The fraction of sp³-hybridized carbons (Fsp3) is 0.538. The van der Waals surface area contributed by atoms with Gasteiger partial charge in [-0.15, -0.1) is 0 Å². The lowest BCUT2D eigenvalue weighted by Gasteiger charge is -2.11. The Morgan fingerprint density at radius 1 is 1.32 bits per heavy atom. The third-order valence-electron chi connectivity index (χ3n) is 3.58. The molecule has 4 nitrogen and oxygen atoms in total. The standard InChI is InChI=1S/C13H19ClN2O2S/c14-11-5-6-13(12(15)9-11)19(17,18)16-8-7-10-3-1-2-4-10/h5-6,9-10,16H,1-4,7-8,15H2. The van der Waals surface area contributed by atoms with E-state index in [1.165, 1.54) is 43.9 Å². The molecule has 0 unspecified atom stereocenters. The van der Waals surface area contributed by atoms with Gasteiger partial charge in [-0.25, -0.2) is 13.1 Å². The van der Waals surface area contributed by atoms with Crippen LogP contribution in [-0.4, -0.2) is 15.0 Å². The second kappa shape index (κ2) is 6.11. The lowest BCUT2D eigenvalue weighted by Crippen LogP contribution is -2.26. The van der Waals surface area contributed by atoms with E-state index in [0.717, 1.165) is 6.42 Å². The fourth-order valence-electron chi connectivity index (χ4n) is 2.54. The minimum Gasteiger partial charge on any atom is -0.398 e. The molecule has 1 fully saturated rings. The van der Waals surface area contributed by atoms with E-state index in [-0.39, 0.29) is 10.6 Å². The molecular formula is C13H19ClN2O2S. The van der Waals surface area contributed by atoms with Crippen molar-refractivity contribution in [2.24, 2.45) is 5.92 Å². The van der Waals surface area contributed by atoms with Gasteiger partial charge in [0.05, 0.1) is 5.69 Å². The van der Waals surface area contributed by atoms with Crippen LogP contribution in [0.5, 0.6) is 0 Å². The Morgan fingerprint density at radius 3 is 2.63 bits per heavy atom. The van der Waals surface area contributed by atoms with Crippen molar-refractivity contribution in [2.75, 3.05) is 12.3 Å². The van der Waals surface area contributed by atoms with Crippen LogP contribution < -0.4 is 10.5 Å². The van der Waals surface area contributed by atoms with Gasteiger partial charge in [-0.2, -0.15) is 0 Å². The van der Waals surface area contributed by atoms with Gasteiger partial charge >= 0.3 is 0 Å². The van der Waals surface area contributed by atoms with Gasteiger partial charge in [0, 0.05) is 11.6 Å². The maximum Gasteiger partial charge on any atom is 0.242 e. The molecule has 1 saturated carbocycles. The van der Waals surface area contributed by atoms with Crippen LogP contribution in [0.2, 0.25) is 5.02 Å². The molecule has 0 amide bonds. The Hall–Kier alpha value is -0.780. The molecule has 1 aliphatic rings. The van der Waals surface area contributed by atoms with E-state index in [4.69, 9.17) is 17.3 Å². The van der Waals surface area contributed by atoms with Crippen molar-refractivity contribution < 1.29 is 8.42 Å². The SMILES string of the molecule is Nc1cc(Cl)ccc1S(=O)(=O)NCCC1CCCC1. The number of hydrogen-bond donors (Lipinski definition) is 2. The first kappa shape index (κ1) is 14.6. The van der Waals surface area contributed by atoms with Crippen LogP contribution in [-0.2, 0) is 10.0 Å². The van der Waals surface area contributed by atoms with E-state index in [0.29, 0.717) is 17.5 Å². The summed E-state index contributed by atoms with van der Waals surface area (Å²) in [5.74, 6) is 0.658. The van der Waals surface area contributed by atoms with E-state index in [9.17, 15) is 8.42 Å². The molecule has 19 heavy (non-hydrogen) atoms. The first-order chi connectivity index (χ1) is 8.99. The summed E-state index contributed by atoms with van der Waals surface area (Å²) in [7, 11) is -3.53. The van der Waals surface area contributed by atoms with Gasteiger partial charge in [-0.1, -0.05) is 37.3 Å². The highest BCUT2D eigenvalue weighted by Gasteiger charge is 2.19. The highest BCUT2D eigenvalue weighted by Crippen LogP contribution is 2.27. The Labute approximate surface area is 119 Å². The summed E-state index contributed by atoms with van der Waals surface area (Å²) in [6, 6.07) is 4.42. The van der Waals surface area contributed by atoms with Crippen LogP contribution >= 0.6 is 11.6 Å². The second-order valence-electron chi connectivity index (χ2n) is 5.02. The molecule has 1 aromatic carbocycles. The predicted octanol–water partition coefficient (Wildman–Crippen LogP) is 2.78. The van der Waals surface area contributed by atoms with Gasteiger partial charge < -0.3 is 5.73 Å². The zero-order chi connectivity index (χ0) is 13.9. The molecule has 0 spiro atoms. The lowest BCUT2D eigenvalue weighted by molar-refractivity contribution is 0.496. The number of nitrogens with two attached hydrogens (primary N) is 1. The molecule has 1 aliphatic carbocycles. The second-order valence-corrected chi connectivity index (χ2v) is 7.19. The summed E-state index contributed by atoms with van der Waals surface area (Å²) in [6.45, 7) is 0.467. The van der Waals surface area contributed by atoms with Crippen LogP contribution in [0.25, 0.3) is 0 Å². The number of hydrogen-bond acceptors (Lipinski definition) is 3. The van der Waals surface area contributed by atoms with Gasteiger partial charge in [0.1, 0.15) is 4.90 Å². The van der Waals surface area contributed by atoms with E-state index < -0.39 is 10.0 Å². The predicted molar refractivity (Wildman–Crippen MR) is 77.6 cm³/mol. The highest BCUT2D eigenvalue weighted by molar-refractivity contribution is 7.89. The molecule has 0 aliphatic heterocycles. The van der Waals surface area contributed by atoms with Crippen molar-refractivity contribution in [2.45, 2.75) is 37.0 Å². The zero-order valence-corrected chi connectivity index (χ0v) is 12.3. The third kappa shape index (κ3) is 3.84. The molecule has 106 valence electrons. The number of anilines is 1. The molecule has 0 bridgehead atoms. The molecule has 6 heteroatoms. The van der Waals surface area contributed by atoms with Crippen molar-refractivity contribution in [3.8, 4) is 0 Å². The molecule has 3 N–H and O–H groups in total. The third-order valence-corrected chi connectivity index (χ3v) is 5.35. The Bertz CT molecular complexity index is 540. The minimum atomic E-state index is -3.53. The lowest BCUT2D eigenvalue weighted by atomic mass is 10.1. The van der Waals surface area contributed by atoms with Crippen molar-refractivity contribution in [1.82, 2.24) is 4.72 Å². The summed E-state index contributed by atoms with van der Waals surface area (Å²) in [5.41, 5.74) is 5.88. The van der Waals surface area contributed by atoms with Gasteiger partial charge in [0.25, 0.3) is 0 Å². The molecule has 0 saturated heterocycles. The van der Waals surface area contributed by atoms with E-state index in [1.54, 1.807) is 0 Å². The largest absolute Gasteiger partial charge is 0.398 e. The molecule has 0 radical (unpaired) electrons. The van der Waals surface area contributed by atoms with Gasteiger partial charge in [-0.3, -0.25) is 0 Å². The smallest absolute Gasteiger partial charge is 0.242 e. The summed E-state index contributed by atoms with van der Waals surface area (Å²) < 4.78 is 26.8. The Kier molecular flexibility index (Phi) is 4.71. The van der Waals surface area contributed by atoms with Crippen LogP contribution in [0.15, 0.2) is 23.1 Å². The van der Waals surface area contributed by atoms with E-state index in [1.807, 2.05) is 0 Å². The molecule has 0 atom stereocenters. The quantitative estimate of drug-likeness (QED) is 0.822. The van der Waals surface area contributed by atoms with E-state index in [2.05, 4.69) is 4.72 Å². The Balaban J connectivity index is 1.97. The molecule has 1 aromatic rings. The van der Waals surface area contributed by atoms with Gasteiger partial charge in [0.2, 0.25) is 10.0 Å². The number of nitrogens with one attached hydrogen (secondary N) is 1. The maximum atomic E-state index is 12.1. The molecule has 2 rings (SSSR count). The number of halogens is 1. The molecular weight excluding hydrogens is 284 g/mol. The zero-order valence-electron chi connectivity index (χ0n) is 10.7. The number of nitrogen functional groups attached to an aromatic ring is 1. The number of rotatable bonds is 5. The monoisotopic (exact) mass is 302 g/mol. The Morgan fingerprint density at radius 2 is 2.00 bits per heavy atom. The van der Waals surface area contributed by atoms with Crippen LogP contribution in [0, 0.1) is 5.92 Å². The summed E-state index contributed by atoms with van der Waals surface area (Å²) in [5, 5.41) is 0.433. The van der Waals surface area contributed by atoms with Crippen molar-refractivity contribution >= 4 is 27.3 Å². The summed E-state index contributed by atoms with van der Waals surface area (Å²) >= 11 is 5.76. The van der Waals surface area contributed by atoms with Gasteiger partial charge in [-0.05, 0) is 30.5 Å². The topological polar surface area (TPSA) is 72.2 Å². The fourth-order valence-corrected chi connectivity index (χ4v) is 3.88. The summed E-state index contributed by atoms with van der Waals surface area (Å²) in [6.07, 6.45) is 5.85. The maximum absolute atomic E-state index is 12.1. The van der Waals surface area contributed by atoms with Crippen LogP contribution in [0.3, 0.4) is 0 Å². The van der Waals surface area contributed by atoms with Gasteiger partial charge in [0.15, 0.2) is 0 Å². The van der Waals surface area contributed by atoms with Crippen molar-refractivity contribution in [3.63, 3.8) is 0 Å². The first-order valence-electron chi connectivity index (χ1n) is 6.54. The van der Waals surface area contributed by atoms with Crippen molar-refractivity contribution in [3.05, 3.63) is 23.2 Å². The normalized spacial score (nSPS) is 16.9. The number of sulfonamides is 1. The molecule has 0 heterocycles. The number of benzene rings is 1. The minimum absolute atomic E-state index is 0.100. The van der Waals surface area contributed by atoms with Crippen LogP contribution in [0.1, 0.15) is 32.1 Å². The van der Waals surface area contributed by atoms with Crippen molar-refractivity contribution in [1.29, 1.82) is 0 Å². The average Bonchev–Trinajstić information content (AvgIpc) is 2.81.